The molecule has 2 heteroatoms. The van der Waals surface area contributed by atoms with E-state index in [1.165, 1.54) is 27.8 Å². The number of rotatable bonds is 3. The molecule has 1 aromatic heterocycles. The van der Waals surface area contributed by atoms with Crippen LogP contribution in [-0.4, -0.2) is 0 Å². The molecule has 0 atom stereocenters. The largest absolute Gasteiger partial charge is 0.457 e. The van der Waals surface area contributed by atoms with E-state index >= 15 is 0 Å². The Balaban J connectivity index is 1.29. The van der Waals surface area contributed by atoms with Gasteiger partial charge in [-0.15, -0.1) is 0 Å². The highest BCUT2D eigenvalue weighted by Crippen LogP contribution is 2.49. The molecule has 41 heavy (non-hydrogen) atoms. The predicted molar refractivity (Wildman–Crippen MR) is 169 cm³/mol. The van der Waals surface area contributed by atoms with E-state index in [9.17, 15) is 0 Å². The molecule has 0 saturated carbocycles. The summed E-state index contributed by atoms with van der Waals surface area (Å²) >= 11 is 0. The minimum Gasteiger partial charge on any atom is -0.457 e. The van der Waals surface area contributed by atoms with Crippen LogP contribution in [0.2, 0.25) is 0 Å². The second-order valence-corrected chi connectivity index (χ2v) is 11.3. The van der Waals surface area contributed by atoms with E-state index in [0.717, 1.165) is 50.1 Å². The van der Waals surface area contributed by atoms with Crippen molar-refractivity contribution in [1.82, 2.24) is 0 Å². The SMILES string of the molecule is CC1(C)c2ccccc2Oc2cc(-c3ccccc3-c3ccccc3-c3cccc4c3oc3ccccc34)ccc21. The summed E-state index contributed by atoms with van der Waals surface area (Å²) in [5.41, 5.74) is 11.0. The third kappa shape index (κ3) is 3.64. The quantitative estimate of drug-likeness (QED) is 0.228. The number of hydrogen-bond donors (Lipinski definition) is 0. The van der Waals surface area contributed by atoms with Gasteiger partial charge in [-0.25, -0.2) is 0 Å². The summed E-state index contributed by atoms with van der Waals surface area (Å²) in [6.45, 7) is 4.55. The summed E-state index contributed by atoms with van der Waals surface area (Å²) in [4.78, 5) is 0. The number of para-hydroxylation sites is 3. The van der Waals surface area contributed by atoms with Crippen molar-refractivity contribution in [2.24, 2.45) is 0 Å². The van der Waals surface area contributed by atoms with Gasteiger partial charge in [0, 0.05) is 32.9 Å². The molecule has 1 aliphatic rings. The van der Waals surface area contributed by atoms with Gasteiger partial charge in [0.2, 0.25) is 0 Å². The van der Waals surface area contributed by atoms with Gasteiger partial charge in [0.05, 0.1) is 0 Å². The number of hydrogen-bond acceptors (Lipinski definition) is 2. The van der Waals surface area contributed by atoms with Crippen molar-refractivity contribution in [1.29, 1.82) is 0 Å². The fourth-order valence-corrected chi connectivity index (χ4v) is 6.51. The summed E-state index contributed by atoms with van der Waals surface area (Å²) < 4.78 is 12.9. The van der Waals surface area contributed by atoms with Crippen molar-refractivity contribution in [3.05, 3.63) is 145 Å². The Hall–Kier alpha value is -5.08. The lowest BCUT2D eigenvalue weighted by atomic mass is 9.75. The van der Waals surface area contributed by atoms with Gasteiger partial charge in [0.15, 0.2) is 0 Å². The van der Waals surface area contributed by atoms with Crippen molar-refractivity contribution in [2.45, 2.75) is 19.3 Å². The van der Waals surface area contributed by atoms with Crippen LogP contribution in [0.15, 0.2) is 138 Å². The fourth-order valence-electron chi connectivity index (χ4n) is 6.51. The number of fused-ring (bicyclic) bond motifs is 5. The van der Waals surface area contributed by atoms with Crippen molar-refractivity contribution in [2.75, 3.05) is 0 Å². The van der Waals surface area contributed by atoms with Crippen LogP contribution in [0.1, 0.15) is 25.0 Å². The second-order valence-electron chi connectivity index (χ2n) is 11.3. The molecule has 7 aromatic rings. The van der Waals surface area contributed by atoms with E-state index in [-0.39, 0.29) is 5.41 Å². The lowest BCUT2D eigenvalue weighted by molar-refractivity contribution is 0.418. The van der Waals surface area contributed by atoms with Gasteiger partial charge in [-0.2, -0.15) is 0 Å². The van der Waals surface area contributed by atoms with Gasteiger partial charge in [-0.3, -0.25) is 0 Å². The minimum absolute atomic E-state index is 0.139. The first-order chi connectivity index (χ1) is 20.1. The molecule has 0 bridgehead atoms. The molecule has 1 aliphatic heterocycles. The molecule has 2 nitrogen and oxygen atoms in total. The molecule has 0 unspecified atom stereocenters. The first kappa shape index (κ1) is 23.8. The van der Waals surface area contributed by atoms with E-state index in [4.69, 9.17) is 9.15 Å². The highest BCUT2D eigenvalue weighted by Gasteiger charge is 2.34. The molecule has 6 aromatic carbocycles. The van der Waals surface area contributed by atoms with Crippen LogP contribution in [-0.2, 0) is 5.41 Å². The summed E-state index contributed by atoms with van der Waals surface area (Å²) in [5.74, 6) is 1.85. The molecular weight excluding hydrogens is 500 g/mol. The molecular formula is C39H28O2. The smallest absolute Gasteiger partial charge is 0.143 e. The second kappa shape index (κ2) is 8.97. The van der Waals surface area contributed by atoms with Crippen LogP contribution in [0, 0.1) is 0 Å². The van der Waals surface area contributed by atoms with Crippen LogP contribution in [0.4, 0.5) is 0 Å². The van der Waals surface area contributed by atoms with Crippen molar-refractivity contribution in [3.63, 3.8) is 0 Å². The minimum atomic E-state index is -0.139. The predicted octanol–water partition coefficient (Wildman–Crippen LogP) is 11.0. The molecule has 8 rings (SSSR count). The Kier molecular flexibility index (Phi) is 5.20. The van der Waals surface area contributed by atoms with Gasteiger partial charge in [-0.1, -0.05) is 129 Å². The van der Waals surface area contributed by atoms with Crippen LogP contribution >= 0.6 is 0 Å². The Morgan fingerprint density at radius 3 is 1.88 bits per heavy atom. The maximum Gasteiger partial charge on any atom is 0.143 e. The first-order valence-corrected chi connectivity index (χ1v) is 14.1. The zero-order valence-electron chi connectivity index (χ0n) is 23.0. The van der Waals surface area contributed by atoms with E-state index < -0.39 is 0 Å². The van der Waals surface area contributed by atoms with E-state index in [1.54, 1.807) is 0 Å². The fraction of sp³-hybridized carbons (Fsp3) is 0.0769. The zero-order chi connectivity index (χ0) is 27.6. The Bertz CT molecular complexity index is 2110. The van der Waals surface area contributed by atoms with Gasteiger partial charge in [-0.05, 0) is 46.0 Å². The van der Waals surface area contributed by atoms with Crippen LogP contribution in [0.25, 0.3) is 55.3 Å². The molecule has 196 valence electrons. The summed E-state index contributed by atoms with van der Waals surface area (Å²) in [6.07, 6.45) is 0. The van der Waals surface area contributed by atoms with Crippen molar-refractivity contribution >= 4 is 21.9 Å². The van der Waals surface area contributed by atoms with Gasteiger partial charge in [0.1, 0.15) is 22.7 Å². The topological polar surface area (TPSA) is 22.4 Å². The van der Waals surface area contributed by atoms with E-state index in [2.05, 4.69) is 129 Å². The Labute approximate surface area is 239 Å². The number of benzene rings is 6. The number of furan rings is 1. The molecule has 0 N–H and O–H groups in total. The summed E-state index contributed by atoms with van der Waals surface area (Å²) in [5, 5.41) is 2.27. The van der Waals surface area contributed by atoms with Gasteiger partial charge >= 0.3 is 0 Å². The lowest BCUT2D eigenvalue weighted by Gasteiger charge is -2.34. The van der Waals surface area contributed by atoms with Crippen LogP contribution in [0.5, 0.6) is 11.5 Å². The molecule has 0 saturated heterocycles. The maximum atomic E-state index is 6.48. The van der Waals surface area contributed by atoms with Crippen molar-refractivity contribution < 1.29 is 9.15 Å². The van der Waals surface area contributed by atoms with E-state index in [1.807, 2.05) is 18.2 Å². The van der Waals surface area contributed by atoms with Gasteiger partial charge < -0.3 is 9.15 Å². The first-order valence-electron chi connectivity index (χ1n) is 14.1. The average molecular weight is 529 g/mol. The Morgan fingerprint density at radius 1 is 0.463 bits per heavy atom. The number of ether oxygens (including phenoxy) is 1. The molecule has 0 radical (unpaired) electrons. The molecule has 0 spiro atoms. The Morgan fingerprint density at radius 2 is 1.05 bits per heavy atom. The third-order valence-electron chi connectivity index (χ3n) is 8.59. The van der Waals surface area contributed by atoms with E-state index in [0.29, 0.717) is 0 Å². The van der Waals surface area contributed by atoms with Crippen molar-refractivity contribution in [3.8, 4) is 44.9 Å². The van der Waals surface area contributed by atoms with Gasteiger partial charge in [0.25, 0.3) is 0 Å². The van der Waals surface area contributed by atoms with Crippen LogP contribution < -0.4 is 4.74 Å². The summed E-state index contributed by atoms with van der Waals surface area (Å²) in [7, 11) is 0. The molecule has 0 fully saturated rings. The molecule has 2 heterocycles. The highest BCUT2D eigenvalue weighted by molar-refractivity contribution is 6.10. The molecule has 0 aliphatic carbocycles. The zero-order valence-corrected chi connectivity index (χ0v) is 23.0. The monoisotopic (exact) mass is 528 g/mol. The molecule has 0 amide bonds. The normalized spacial score (nSPS) is 13.5. The maximum absolute atomic E-state index is 6.48. The average Bonchev–Trinajstić information content (AvgIpc) is 3.40. The third-order valence-corrected chi connectivity index (χ3v) is 8.59. The standard InChI is InChI=1S/C39H28O2/c1-39(2)33-19-8-10-21-36(33)40-37-24-25(22-23-34(37)39)26-12-3-4-13-27(26)28-14-5-6-15-29(28)31-17-11-18-32-30-16-7-9-20-35(30)41-38(31)32/h3-24H,1-2H3. The van der Waals surface area contributed by atoms with Crippen LogP contribution in [0.3, 0.4) is 0 Å². The summed E-state index contributed by atoms with van der Waals surface area (Å²) in [6, 6.07) is 47.0. The lowest BCUT2D eigenvalue weighted by Crippen LogP contribution is -2.24. The highest BCUT2D eigenvalue weighted by atomic mass is 16.5.